The van der Waals surface area contributed by atoms with Crippen LogP contribution < -0.4 is 15.5 Å². The van der Waals surface area contributed by atoms with Gasteiger partial charge in [0.2, 0.25) is 0 Å². The predicted octanol–water partition coefficient (Wildman–Crippen LogP) is 5.75. The highest BCUT2D eigenvalue weighted by Crippen LogP contribution is 2.47. The number of para-hydroxylation sites is 2. The van der Waals surface area contributed by atoms with Crippen LogP contribution >= 0.6 is 0 Å². The fraction of sp³-hybridized carbons (Fsp3) is 0.185. The highest BCUT2D eigenvalue weighted by Gasteiger charge is 2.43. The van der Waals surface area contributed by atoms with Gasteiger partial charge < -0.3 is 23.9 Å². The SMILES string of the molecule is O=C1C[C@@H](c2ccco2)CC2=C1[C@@H](c1ccco1)N(C(=O)NCc1ccco1)c1ccccc1N2. The molecule has 3 aromatic heterocycles. The molecule has 4 aromatic rings. The summed E-state index contributed by atoms with van der Waals surface area (Å²) in [5, 5.41) is 6.40. The third-order valence-corrected chi connectivity index (χ3v) is 6.46. The van der Waals surface area contributed by atoms with Gasteiger partial charge in [0.25, 0.3) is 0 Å². The van der Waals surface area contributed by atoms with E-state index in [1.165, 1.54) is 0 Å². The summed E-state index contributed by atoms with van der Waals surface area (Å²) in [6, 6.07) is 17.3. The molecule has 0 radical (unpaired) electrons. The lowest BCUT2D eigenvalue weighted by molar-refractivity contribution is -0.116. The van der Waals surface area contributed by atoms with Gasteiger partial charge in [0.1, 0.15) is 23.3 Å². The maximum absolute atomic E-state index is 13.7. The summed E-state index contributed by atoms with van der Waals surface area (Å²) in [5.41, 5.74) is 2.66. The lowest BCUT2D eigenvalue weighted by atomic mass is 9.81. The number of anilines is 2. The smallest absolute Gasteiger partial charge is 0.323 e. The number of nitrogens with one attached hydrogen (secondary N) is 2. The largest absolute Gasteiger partial charge is 0.469 e. The van der Waals surface area contributed by atoms with Crippen molar-refractivity contribution in [3.63, 3.8) is 0 Å². The number of ketones is 1. The molecule has 1 aromatic carbocycles. The molecule has 1 aliphatic carbocycles. The van der Waals surface area contributed by atoms with Crippen molar-refractivity contribution in [2.24, 2.45) is 0 Å². The summed E-state index contributed by atoms with van der Waals surface area (Å²) >= 11 is 0. The van der Waals surface area contributed by atoms with Gasteiger partial charge in [-0.2, -0.15) is 0 Å². The monoisotopic (exact) mass is 469 g/mol. The van der Waals surface area contributed by atoms with E-state index >= 15 is 0 Å². The quantitative estimate of drug-likeness (QED) is 0.395. The Hall–Kier alpha value is -4.46. The number of hydrogen-bond acceptors (Lipinski definition) is 6. The van der Waals surface area contributed by atoms with Crippen molar-refractivity contribution in [3.8, 4) is 0 Å². The van der Waals surface area contributed by atoms with Crippen LogP contribution in [0.3, 0.4) is 0 Å². The lowest BCUT2D eigenvalue weighted by Crippen LogP contribution is -2.44. The van der Waals surface area contributed by atoms with Crippen LogP contribution in [-0.2, 0) is 11.3 Å². The molecule has 2 amide bonds. The van der Waals surface area contributed by atoms with Crippen LogP contribution in [0.15, 0.2) is 104 Å². The van der Waals surface area contributed by atoms with Gasteiger partial charge in [0, 0.05) is 23.6 Å². The first-order valence-electron chi connectivity index (χ1n) is 11.5. The number of allylic oxidation sites excluding steroid dienone is 1. The summed E-state index contributed by atoms with van der Waals surface area (Å²) in [6.07, 6.45) is 5.59. The zero-order chi connectivity index (χ0) is 23.8. The molecule has 2 N–H and O–H groups in total. The second-order valence-electron chi connectivity index (χ2n) is 8.60. The van der Waals surface area contributed by atoms with Crippen LogP contribution in [-0.4, -0.2) is 11.8 Å². The van der Waals surface area contributed by atoms with E-state index in [2.05, 4.69) is 10.6 Å². The number of hydrogen-bond donors (Lipinski definition) is 2. The number of amides is 2. The van der Waals surface area contributed by atoms with Crippen LogP contribution in [0.1, 0.15) is 42.1 Å². The second kappa shape index (κ2) is 8.72. The van der Waals surface area contributed by atoms with Gasteiger partial charge in [-0.1, -0.05) is 12.1 Å². The topological polar surface area (TPSA) is 101 Å². The van der Waals surface area contributed by atoms with E-state index in [0.717, 1.165) is 17.1 Å². The van der Waals surface area contributed by atoms with Crippen LogP contribution in [0.5, 0.6) is 0 Å². The Balaban J connectivity index is 1.46. The van der Waals surface area contributed by atoms with Gasteiger partial charge in [-0.05, 0) is 55.0 Å². The molecule has 6 rings (SSSR count). The molecule has 8 heteroatoms. The van der Waals surface area contributed by atoms with Gasteiger partial charge in [-0.15, -0.1) is 0 Å². The highest BCUT2D eigenvalue weighted by molar-refractivity contribution is 6.05. The minimum absolute atomic E-state index is 0.0572. The van der Waals surface area contributed by atoms with Gasteiger partial charge in [0.15, 0.2) is 5.78 Å². The number of urea groups is 1. The molecule has 2 aliphatic rings. The van der Waals surface area contributed by atoms with Gasteiger partial charge >= 0.3 is 6.03 Å². The number of fused-ring (bicyclic) bond motifs is 1. The molecule has 0 unspecified atom stereocenters. The van der Waals surface area contributed by atoms with E-state index in [4.69, 9.17) is 13.3 Å². The van der Waals surface area contributed by atoms with E-state index in [0.29, 0.717) is 29.2 Å². The standard InChI is InChI=1S/C27H23N3O5/c31-22-15-17(23-9-4-12-34-23)14-20-25(22)26(24-10-5-13-35-24)30(21-8-2-1-7-19(21)29-20)27(32)28-16-18-6-3-11-33-18/h1-13,17,26,29H,14-16H2,(H,28,32)/t17-,26+/m0/s1. The van der Waals surface area contributed by atoms with E-state index in [1.54, 1.807) is 48.0 Å². The summed E-state index contributed by atoms with van der Waals surface area (Å²) in [7, 11) is 0. The fourth-order valence-electron chi connectivity index (χ4n) is 4.92. The molecule has 0 spiro atoms. The van der Waals surface area contributed by atoms with E-state index < -0.39 is 6.04 Å². The molecular weight excluding hydrogens is 446 g/mol. The normalized spacial score (nSPS) is 19.5. The highest BCUT2D eigenvalue weighted by atomic mass is 16.3. The number of carbonyl (C=O) groups is 2. The summed E-state index contributed by atoms with van der Waals surface area (Å²) in [4.78, 5) is 29.0. The molecule has 2 atom stereocenters. The fourth-order valence-corrected chi connectivity index (χ4v) is 4.92. The van der Waals surface area contributed by atoms with Crippen molar-refractivity contribution in [1.82, 2.24) is 5.32 Å². The molecule has 0 saturated heterocycles. The second-order valence-corrected chi connectivity index (χ2v) is 8.60. The average molecular weight is 469 g/mol. The molecule has 4 heterocycles. The zero-order valence-electron chi connectivity index (χ0n) is 18.8. The maximum atomic E-state index is 13.7. The van der Waals surface area contributed by atoms with Crippen molar-refractivity contribution in [2.45, 2.75) is 31.3 Å². The maximum Gasteiger partial charge on any atom is 0.323 e. The van der Waals surface area contributed by atoms with Crippen molar-refractivity contribution in [3.05, 3.63) is 108 Å². The minimum Gasteiger partial charge on any atom is -0.469 e. The van der Waals surface area contributed by atoms with Crippen molar-refractivity contribution in [1.29, 1.82) is 0 Å². The Morgan fingerprint density at radius 1 is 0.914 bits per heavy atom. The van der Waals surface area contributed by atoms with Crippen molar-refractivity contribution in [2.75, 3.05) is 10.2 Å². The zero-order valence-corrected chi connectivity index (χ0v) is 18.8. The minimum atomic E-state index is -0.738. The number of carbonyl (C=O) groups excluding carboxylic acids is 2. The number of benzene rings is 1. The molecular formula is C27H23N3O5. The molecule has 35 heavy (non-hydrogen) atoms. The van der Waals surface area contributed by atoms with Gasteiger partial charge in [0.05, 0.1) is 36.7 Å². The molecule has 176 valence electrons. The Labute approximate surface area is 201 Å². The summed E-state index contributed by atoms with van der Waals surface area (Å²) in [5.74, 6) is 1.76. The molecule has 0 bridgehead atoms. The Morgan fingerprint density at radius 2 is 1.66 bits per heavy atom. The Kier molecular flexibility index (Phi) is 5.25. The summed E-state index contributed by atoms with van der Waals surface area (Å²) in [6.45, 7) is 0.212. The van der Waals surface area contributed by atoms with E-state index in [-0.39, 0.29) is 30.7 Å². The van der Waals surface area contributed by atoms with Gasteiger partial charge in [-0.3, -0.25) is 9.69 Å². The number of rotatable bonds is 4. The van der Waals surface area contributed by atoms with Crippen LogP contribution in [0.4, 0.5) is 16.2 Å². The number of nitrogens with zero attached hydrogens (tertiary/aromatic N) is 1. The van der Waals surface area contributed by atoms with E-state index in [1.807, 2.05) is 36.4 Å². The number of Topliss-reactive ketones (excluding diaryl/α,β-unsaturated/α-hetero) is 1. The lowest BCUT2D eigenvalue weighted by Gasteiger charge is -2.33. The van der Waals surface area contributed by atoms with Crippen LogP contribution in [0.25, 0.3) is 0 Å². The molecule has 0 saturated carbocycles. The third kappa shape index (κ3) is 3.82. The Bertz CT molecular complexity index is 1370. The van der Waals surface area contributed by atoms with Crippen LogP contribution in [0.2, 0.25) is 0 Å². The van der Waals surface area contributed by atoms with E-state index in [9.17, 15) is 9.59 Å². The summed E-state index contributed by atoms with van der Waals surface area (Å²) < 4.78 is 16.8. The first-order chi connectivity index (χ1) is 17.2. The number of furan rings is 3. The third-order valence-electron chi connectivity index (χ3n) is 6.46. The van der Waals surface area contributed by atoms with Crippen molar-refractivity contribution < 1.29 is 22.8 Å². The first-order valence-corrected chi connectivity index (χ1v) is 11.5. The Morgan fingerprint density at radius 3 is 2.40 bits per heavy atom. The van der Waals surface area contributed by atoms with Gasteiger partial charge in [-0.25, -0.2) is 4.79 Å². The predicted molar refractivity (Wildman–Crippen MR) is 128 cm³/mol. The molecule has 1 aliphatic heterocycles. The first kappa shape index (κ1) is 21.1. The molecule has 0 fully saturated rings. The molecule has 8 nitrogen and oxygen atoms in total. The van der Waals surface area contributed by atoms with Crippen molar-refractivity contribution >= 4 is 23.2 Å². The average Bonchev–Trinajstić information content (AvgIpc) is 3.65. The van der Waals surface area contributed by atoms with Crippen LogP contribution in [0, 0.1) is 0 Å².